The number of hydrogen-bond donors (Lipinski definition) is 3. The highest BCUT2D eigenvalue weighted by molar-refractivity contribution is 5.79. The largest absolute Gasteiger partial charge is 0.480 e. The quantitative estimate of drug-likeness (QED) is 0.424. The predicted octanol–water partition coefficient (Wildman–Crippen LogP) is 3.30. The Morgan fingerprint density at radius 3 is 2.27 bits per heavy atom. The molecular formula is C25H30N2O6. The first-order chi connectivity index (χ1) is 16.0. The number of carbonyl (C=O) groups excluding carboxylic acids is 2. The molecule has 0 saturated heterocycles. The molecule has 0 aliphatic heterocycles. The van der Waals surface area contributed by atoms with Crippen LogP contribution in [0.5, 0.6) is 0 Å². The number of hydrogen-bond acceptors (Lipinski definition) is 5. The van der Waals surface area contributed by atoms with Gasteiger partial charge in [-0.25, -0.2) is 9.59 Å². The van der Waals surface area contributed by atoms with Crippen LogP contribution in [0.1, 0.15) is 43.2 Å². The molecule has 0 saturated carbocycles. The first-order valence-corrected chi connectivity index (χ1v) is 11.2. The van der Waals surface area contributed by atoms with Crippen LogP contribution in [0.3, 0.4) is 0 Å². The van der Waals surface area contributed by atoms with E-state index in [2.05, 4.69) is 34.9 Å². The normalized spacial score (nSPS) is 13.0. The molecule has 0 fully saturated rings. The molecule has 0 aromatic heterocycles. The van der Waals surface area contributed by atoms with Crippen LogP contribution in [-0.4, -0.2) is 55.5 Å². The molecule has 0 heterocycles. The van der Waals surface area contributed by atoms with Crippen molar-refractivity contribution < 1.29 is 29.0 Å². The second-order valence-corrected chi connectivity index (χ2v) is 7.96. The first-order valence-electron chi connectivity index (χ1n) is 11.2. The van der Waals surface area contributed by atoms with Gasteiger partial charge in [-0.05, 0) is 28.7 Å². The number of amides is 2. The maximum Gasteiger partial charge on any atom is 0.407 e. The highest BCUT2D eigenvalue weighted by Crippen LogP contribution is 2.44. The molecule has 3 N–H and O–H groups in total. The van der Waals surface area contributed by atoms with Gasteiger partial charge in [-0.3, -0.25) is 4.79 Å². The highest BCUT2D eigenvalue weighted by Gasteiger charge is 2.29. The van der Waals surface area contributed by atoms with Crippen molar-refractivity contribution in [1.82, 2.24) is 10.6 Å². The topological polar surface area (TPSA) is 114 Å². The molecule has 1 unspecified atom stereocenters. The standard InChI is InChI=1S/C25H30N2O6/c1-2-7-17(14-23(28)26-12-13-32-16-24(29)30)27-25(31)33-15-22-20-10-5-3-8-18(20)19-9-4-6-11-21(19)22/h3-6,8-11,17,22H,2,7,12-16H2,1H3,(H,26,28)(H,27,31)(H,29,30). The second-order valence-electron chi connectivity index (χ2n) is 7.96. The molecule has 0 radical (unpaired) electrons. The van der Waals surface area contributed by atoms with Gasteiger partial charge in [0.25, 0.3) is 0 Å². The van der Waals surface area contributed by atoms with Crippen LogP contribution >= 0.6 is 0 Å². The Morgan fingerprint density at radius 1 is 1.03 bits per heavy atom. The zero-order valence-electron chi connectivity index (χ0n) is 18.7. The van der Waals surface area contributed by atoms with Gasteiger partial charge in [-0.2, -0.15) is 0 Å². The van der Waals surface area contributed by atoms with Crippen LogP contribution in [0.25, 0.3) is 11.1 Å². The minimum absolute atomic E-state index is 0.0260. The van der Waals surface area contributed by atoms with E-state index >= 15 is 0 Å². The Hall–Kier alpha value is -3.39. The molecule has 0 bridgehead atoms. The van der Waals surface area contributed by atoms with E-state index in [9.17, 15) is 14.4 Å². The van der Waals surface area contributed by atoms with Crippen LogP contribution in [0.2, 0.25) is 0 Å². The van der Waals surface area contributed by atoms with E-state index in [-0.39, 0.29) is 44.0 Å². The van der Waals surface area contributed by atoms with Crippen molar-refractivity contribution in [2.24, 2.45) is 0 Å². The van der Waals surface area contributed by atoms with Gasteiger partial charge in [0.15, 0.2) is 0 Å². The second kappa shape index (κ2) is 12.0. The third kappa shape index (κ3) is 6.79. The summed E-state index contributed by atoms with van der Waals surface area (Å²) in [5.74, 6) is -1.33. The number of rotatable bonds is 12. The molecule has 176 valence electrons. The summed E-state index contributed by atoms with van der Waals surface area (Å²) in [6, 6.07) is 15.9. The van der Waals surface area contributed by atoms with Crippen molar-refractivity contribution in [2.45, 2.75) is 38.1 Å². The van der Waals surface area contributed by atoms with Crippen molar-refractivity contribution in [3.05, 3.63) is 59.7 Å². The lowest BCUT2D eigenvalue weighted by Gasteiger charge is -2.19. The van der Waals surface area contributed by atoms with Gasteiger partial charge in [-0.15, -0.1) is 0 Å². The summed E-state index contributed by atoms with van der Waals surface area (Å²) < 4.78 is 10.5. The summed E-state index contributed by atoms with van der Waals surface area (Å²) in [4.78, 5) is 35.1. The number of alkyl carbamates (subject to hydrolysis) is 1. The number of nitrogens with one attached hydrogen (secondary N) is 2. The number of ether oxygens (including phenoxy) is 2. The Balaban J connectivity index is 1.49. The minimum Gasteiger partial charge on any atom is -0.480 e. The lowest BCUT2D eigenvalue weighted by atomic mass is 9.98. The zero-order valence-corrected chi connectivity index (χ0v) is 18.7. The fraction of sp³-hybridized carbons (Fsp3) is 0.400. The Kier molecular flexibility index (Phi) is 8.83. The Labute approximate surface area is 193 Å². The number of carboxylic acid groups (broad SMARTS) is 1. The summed E-state index contributed by atoms with van der Waals surface area (Å²) in [6.45, 7) is 2.10. The molecule has 2 aromatic carbocycles. The lowest BCUT2D eigenvalue weighted by molar-refractivity contribution is -0.142. The molecule has 33 heavy (non-hydrogen) atoms. The molecule has 1 aliphatic rings. The minimum atomic E-state index is -1.06. The molecule has 1 atom stereocenters. The molecule has 8 heteroatoms. The molecular weight excluding hydrogens is 424 g/mol. The van der Waals surface area contributed by atoms with E-state index in [1.54, 1.807) is 0 Å². The van der Waals surface area contributed by atoms with Crippen molar-refractivity contribution in [3.63, 3.8) is 0 Å². The average Bonchev–Trinajstić information content (AvgIpc) is 3.11. The molecule has 8 nitrogen and oxygen atoms in total. The SMILES string of the molecule is CCCC(CC(=O)NCCOCC(=O)O)NC(=O)OCC1c2ccccc2-c2ccccc21. The summed E-state index contributed by atoms with van der Waals surface area (Å²) in [5, 5.41) is 14.0. The fourth-order valence-corrected chi connectivity index (χ4v) is 4.10. The molecule has 2 aromatic rings. The third-order valence-corrected chi connectivity index (χ3v) is 5.53. The zero-order chi connectivity index (χ0) is 23.6. The average molecular weight is 455 g/mol. The molecule has 1 aliphatic carbocycles. The van der Waals surface area contributed by atoms with Crippen molar-refractivity contribution in [3.8, 4) is 11.1 Å². The van der Waals surface area contributed by atoms with Crippen LogP contribution in [0.15, 0.2) is 48.5 Å². The van der Waals surface area contributed by atoms with Gasteiger partial charge in [0, 0.05) is 24.9 Å². The van der Waals surface area contributed by atoms with Gasteiger partial charge in [0.1, 0.15) is 13.2 Å². The van der Waals surface area contributed by atoms with Crippen molar-refractivity contribution >= 4 is 18.0 Å². The van der Waals surface area contributed by atoms with Crippen molar-refractivity contribution in [2.75, 3.05) is 26.4 Å². The Bertz CT molecular complexity index is 931. The smallest absolute Gasteiger partial charge is 0.407 e. The van der Waals surface area contributed by atoms with Crippen LogP contribution in [-0.2, 0) is 19.1 Å². The van der Waals surface area contributed by atoms with Gasteiger partial charge < -0.3 is 25.2 Å². The van der Waals surface area contributed by atoms with Crippen LogP contribution in [0, 0.1) is 0 Å². The van der Waals surface area contributed by atoms with Crippen molar-refractivity contribution in [1.29, 1.82) is 0 Å². The van der Waals surface area contributed by atoms with E-state index in [0.29, 0.717) is 6.42 Å². The highest BCUT2D eigenvalue weighted by atomic mass is 16.5. The summed E-state index contributed by atoms with van der Waals surface area (Å²) in [6.07, 6.45) is 0.987. The fourth-order valence-electron chi connectivity index (χ4n) is 4.10. The number of carboxylic acids is 1. The van der Waals surface area contributed by atoms with E-state index in [1.165, 1.54) is 0 Å². The van der Waals surface area contributed by atoms with Gasteiger partial charge in [-0.1, -0.05) is 61.9 Å². The number of benzene rings is 2. The van der Waals surface area contributed by atoms with E-state index < -0.39 is 18.7 Å². The van der Waals surface area contributed by atoms with Crippen LogP contribution in [0.4, 0.5) is 4.79 Å². The van der Waals surface area contributed by atoms with E-state index in [1.807, 2.05) is 31.2 Å². The number of carbonyl (C=O) groups is 3. The van der Waals surface area contributed by atoms with Crippen LogP contribution < -0.4 is 10.6 Å². The predicted molar refractivity (Wildman–Crippen MR) is 123 cm³/mol. The summed E-state index contributed by atoms with van der Waals surface area (Å²) in [7, 11) is 0. The summed E-state index contributed by atoms with van der Waals surface area (Å²) >= 11 is 0. The van der Waals surface area contributed by atoms with Gasteiger partial charge in [0.2, 0.25) is 5.91 Å². The van der Waals surface area contributed by atoms with E-state index in [4.69, 9.17) is 14.6 Å². The Morgan fingerprint density at radius 2 is 1.67 bits per heavy atom. The molecule has 2 amide bonds. The third-order valence-electron chi connectivity index (χ3n) is 5.53. The van der Waals surface area contributed by atoms with E-state index in [0.717, 1.165) is 28.7 Å². The number of fused-ring (bicyclic) bond motifs is 3. The van der Waals surface area contributed by atoms with Gasteiger partial charge in [0.05, 0.1) is 6.61 Å². The maximum absolute atomic E-state index is 12.5. The monoisotopic (exact) mass is 454 g/mol. The van der Waals surface area contributed by atoms with Gasteiger partial charge >= 0.3 is 12.1 Å². The molecule has 3 rings (SSSR count). The lowest BCUT2D eigenvalue weighted by Crippen LogP contribution is -2.40. The summed E-state index contributed by atoms with van der Waals surface area (Å²) in [5.41, 5.74) is 4.60. The maximum atomic E-state index is 12.5. The number of aliphatic carboxylic acids is 1. The molecule has 0 spiro atoms. The first kappa shape index (κ1) is 24.3.